The van der Waals surface area contributed by atoms with Crippen LogP contribution in [0.25, 0.3) is 0 Å². The first-order valence-electron chi connectivity index (χ1n) is 5.30. The summed E-state index contributed by atoms with van der Waals surface area (Å²) in [7, 11) is 0. The molecule has 3 nitrogen and oxygen atoms in total. The maximum absolute atomic E-state index is 4.07. The Balaban J connectivity index is 1.82. The lowest BCUT2D eigenvalue weighted by Gasteiger charge is -2.11. The van der Waals surface area contributed by atoms with Crippen LogP contribution in [0.3, 0.4) is 0 Å². The smallest absolute Gasteiger partial charge is 0.148 e. The summed E-state index contributed by atoms with van der Waals surface area (Å²) in [6.07, 6.45) is 2.81. The van der Waals surface area contributed by atoms with Gasteiger partial charge in [-0.25, -0.2) is 0 Å². The number of aryl methyl sites for hydroxylation is 1. The summed E-state index contributed by atoms with van der Waals surface area (Å²) < 4.78 is 0. The number of aromatic nitrogens is 2. The normalized spacial score (nSPS) is 17.9. The van der Waals surface area contributed by atoms with Gasteiger partial charge in [0.25, 0.3) is 0 Å². The number of hydrogen-bond donors (Lipinski definition) is 1. The highest BCUT2D eigenvalue weighted by Crippen LogP contribution is 2.36. The van der Waals surface area contributed by atoms with E-state index in [1.807, 2.05) is 19.1 Å². The number of nitrogens with one attached hydrogen (secondary N) is 1. The van der Waals surface area contributed by atoms with Crippen LogP contribution >= 0.6 is 0 Å². The molecule has 1 unspecified atom stereocenters. The third kappa shape index (κ3) is 2.44. The van der Waals surface area contributed by atoms with Crippen LogP contribution in [0, 0.1) is 18.8 Å². The Morgan fingerprint density at radius 1 is 1.43 bits per heavy atom. The van der Waals surface area contributed by atoms with Gasteiger partial charge in [0.2, 0.25) is 0 Å². The Hall–Kier alpha value is -1.12. The van der Waals surface area contributed by atoms with Gasteiger partial charge >= 0.3 is 0 Å². The number of nitrogens with zero attached hydrogens (tertiary/aromatic N) is 2. The minimum absolute atomic E-state index is 0.762. The SMILES string of the molecule is Cc1ccc(NCC(C)C2CC2)nn1. The predicted octanol–water partition coefficient (Wildman–Crippen LogP) is 2.24. The molecule has 0 radical (unpaired) electrons. The van der Waals surface area contributed by atoms with Gasteiger partial charge in [-0.2, -0.15) is 5.10 Å². The van der Waals surface area contributed by atoms with E-state index in [1.54, 1.807) is 0 Å². The molecule has 1 heterocycles. The minimum atomic E-state index is 0.762. The van der Waals surface area contributed by atoms with E-state index in [1.165, 1.54) is 12.8 Å². The van der Waals surface area contributed by atoms with Crippen molar-refractivity contribution in [3.63, 3.8) is 0 Å². The Morgan fingerprint density at radius 2 is 2.21 bits per heavy atom. The topological polar surface area (TPSA) is 37.8 Å². The van der Waals surface area contributed by atoms with Crippen molar-refractivity contribution in [2.24, 2.45) is 11.8 Å². The lowest BCUT2D eigenvalue weighted by atomic mass is 10.1. The monoisotopic (exact) mass is 191 g/mol. The summed E-state index contributed by atoms with van der Waals surface area (Å²) in [6.45, 7) is 5.26. The standard InChI is InChI=1S/C11H17N3/c1-8(10-4-5-10)7-12-11-6-3-9(2)13-14-11/h3,6,8,10H,4-5,7H2,1-2H3,(H,12,14). The van der Waals surface area contributed by atoms with Crippen LogP contribution in [0.2, 0.25) is 0 Å². The fourth-order valence-electron chi connectivity index (χ4n) is 1.59. The zero-order valence-corrected chi connectivity index (χ0v) is 8.83. The van der Waals surface area contributed by atoms with Crippen LogP contribution in [0.1, 0.15) is 25.5 Å². The van der Waals surface area contributed by atoms with E-state index in [4.69, 9.17) is 0 Å². The fraction of sp³-hybridized carbons (Fsp3) is 0.636. The third-order valence-corrected chi connectivity index (χ3v) is 2.83. The van der Waals surface area contributed by atoms with E-state index >= 15 is 0 Å². The molecule has 0 aromatic carbocycles. The molecule has 1 aliphatic carbocycles. The van der Waals surface area contributed by atoms with E-state index in [2.05, 4.69) is 22.4 Å². The van der Waals surface area contributed by atoms with Gasteiger partial charge in [0.1, 0.15) is 5.82 Å². The van der Waals surface area contributed by atoms with Crippen LogP contribution < -0.4 is 5.32 Å². The number of anilines is 1. The third-order valence-electron chi connectivity index (χ3n) is 2.83. The largest absolute Gasteiger partial charge is 0.368 e. The fourth-order valence-corrected chi connectivity index (χ4v) is 1.59. The minimum Gasteiger partial charge on any atom is -0.368 e. The van der Waals surface area contributed by atoms with E-state index in [0.717, 1.165) is 29.9 Å². The Morgan fingerprint density at radius 3 is 2.79 bits per heavy atom. The van der Waals surface area contributed by atoms with E-state index in [9.17, 15) is 0 Å². The molecule has 2 rings (SSSR count). The van der Waals surface area contributed by atoms with Crippen molar-refractivity contribution in [3.8, 4) is 0 Å². The summed E-state index contributed by atoms with van der Waals surface area (Å²) in [5.41, 5.74) is 0.964. The lowest BCUT2D eigenvalue weighted by Crippen LogP contribution is -2.13. The van der Waals surface area contributed by atoms with Crippen molar-refractivity contribution >= 4 is 5.82 Å². The van der Waals surface area contributed by atoms with Gasteiger partial charge in [-0.05, 0) is 43.7 Å². The first kappa shape index (κ1) is 9.44. The molecule has 1 aromatic rings. The molecule has 14 heavy (non-hydrogen) atoms. The molecule has 0 bridgehead atoms. The summed E-state index contributed by atoms with van der Waals surface area (Å²) in [4.78, 5) is 0. The van der Waals surface area contributed by atoms with Crippen molar-refractivity contribution in [3.05, 3.63) is 17.8 Å². The van der Waals surface area contributed by atoms with E-state index in [0.29, 0.717) is 0 Å². The Labute approximate surface area is 84.9 Å². The van der Waals surface area contributed by atoms with Gasteiger partial charge in [0.05, 0.1) is 5.69 Å². The van der Waals surface area contributed by atoms with Gasteiger partial charge < -0.3 is 5.32 Å². The molecule has 0 saturated heterocycles. The van der Waals surface area contributed by atoms with Crippen LogP contribution in [0.4, 0.5) is 5.82 Å². The summed E-state index contributed by atoms with van der Waals surface area (Å²) in [6, 6.07) is 3.97. The number of hydrogen-bond acceptors (Lipinski definition) is 3. The Bertz CT molecular complexity index is 290. The second-order valence-electron chi connectivity index (χ2n) is 4.26. The van der Waals surface area contributed by atoms with E-state index in [-0.39, 0.29) is 0 Å². The van der Waals surface area contributed by atoms with Crippen molar-refractivity contribution in [1.29, 1.82) is 0 Å². The Kier molecular flexibility index (Phi) is 2.66. The summed E-state index contributed by atoms with van der Waals surface area (Å²) in [5, 5.41) is 11.4. The first-order valence-corrected chi connectivity index (χ1v) is 5.30. The van der Waals surface area contributed by atoms with Gasteiger partial charge in [-0.15, -0.1) is 5.10 Å². The van der Waals surface area contributed by atoms with Crippen LogP contribution in [-0.4, -0.2) is 16.7 Å². The maximum atomic E-state index is 4.07. The van der Waals surface area contributed by atoms with Crippen LogP contribution in [0.5, 0.6) is 0 Å². The van der Waals surface area contributed by atoms with Crippen molar-refractivity contribution < 1.29 is 0 Å². The first-order chi connectivity index (χ1) is 6.75. The molecule has 1 aromatic heterocycles. The highest BCUT2D eigenvalue weighted by molar-refractivity contribution is 5.32. The average molecular weight is 191 g/mol. The molecule has 0 spiro atoms. The molecule has 1 aliphatic rings. The molecule has 1 N–H and O–H groups in total. The zero-order valence-electron chi connectivity index (χ0n) is 8.83. The van der Waals surface area contributed by atoms with Crippen molar-refractivity contribution in [2.75, 3.05) is 11.9 Å². The van der Waals surface area contributed by atoms with E-state index < -0.39 is 0 Å². The summed E-state index contributed by atoms with van der Waals surface area (Å²) >= 11 is 0. The molecule has 1 saturated carbocycles. The van der Waals surface area contributed by atoms with Gasteiger partial charge in [0.15, 0.2) is 0 Å². The van der Waals surface area contributed by atoms with Crippen LogP contribution in [-0.2, 0) is 0 Å². The molecule has 0 aliphatic heterocycles. The second kappa shape index (κ2) is 3.95. The molecule has 76 valence electrons. The lowest BCUT2D eigenvalue weighted by molar-refractivity contribution is 0.535. The van der Waals surface area contributed by atoms with Crippen molar-refractivity contribution in [1.82, 2.24) is 10.2 Å². The van der Waals surface area contributed by atoms with Gasteiger partial charge in [-0.3, -0.25) is 0 Å². The highest BCUT2D eigenvalue weighted by Gasteiger charge is 2.27. The molecule has 0 amide bonds. The van der Waals surface area contributed by atoms with Gasteiger partial charge in [-0.1, -0.05) is 6.92 Å². The zero-order chi connectivity index (χ0) is 9.97. The quantitative estimate of drug-likeness (QED) is 0.793. The molecular weight excluding hydrogens is 174 g/mol. The predicted molar refractivity (Wildman–Crippen MR) is 57.1 cm³/mol. The average Bonchev–Trinajstić information content (AvgIpc) is 3.00. The second-order valence-corrected chi connectivity index (χ2v) is 4.26. The van der Waals surface area contributed by atoms with Crippen LogP contribution in [0.15, 0.2) is 12.1 Å². The maximum Gasteiger partial charge on any atom is 0.148 e. The summed E-state index contributed by atoms with van der Waals surface area (Å²) in [5.74, 6) is 2.60. The highest BCUT2D eigenvalue weighted by atomic mass is 15.2. The van der Waals surface area contributed by atoms with Crippen molar-refractivity contribution in [2.45, 2.75) is 26.7 Å². The number of rotatable bonds is 4. The molecular formula is C11H17N3. The molecule has 1 fully saturated rings. The molecule has 3 heteroatoms. The molecule has 1 atom stereocenters. The van der Waals surface area contributed by atoms with Gasteiger partial charge in [0, 0.05) is 6.54 Å².